The van der Waals surface area contributed by atoms with E-state index in [9.17, 15) is 4.79 Å². The predicted molar refractivity (Wildman–Crippen MR) is 111 cm³/mol. The van der Waals surface area contributed by atoms with Gasteiger partial charge in [0.05, 0.1) is 5.69 Å². The molecule has 2 heterocycles. The number of para-hydroxylation sites is 2. The van der Waals surface area contributed by atoms with Crippen molar-refractivity contribution in [2.75, 3.05) is 38.2 Å². The SMILES string of the molecule is CCNC(=NCCCN1C(=O)COc2ccccc21)N(C)Cc1ccsc1. The van der Waals surface area contributed by atoms with Crippen molar-refractivity contribution < 1.29 is 9.53 Å². The molecular weight excluding hydrogens is 360 g/mol. The Kier molecular flexibility index (Phi) is 6.70. The second kappa shape index (κ2) is 9.41. The van der Waals surface area contributed by atoms with E-state index in [2.05, 4.69) is 34.0 Å². The molecule has 1 N–H and O–H groups in total. The number of fused-ring (bicyclic) bond motifs is 1. The summed E-state index contributed by atoms with van der Waals surface area (Å²) in [6.45, 7) is 5.11. The van der Waals surface area contributed by atoms with Gasteiger partial charge in [-0.25, -0.2) is 0 Å². The predicted octanol–water partition coefficient (Wildman–Crippen LogP) is 2.96. The minimum atomic E-state index is -0.000776. The van der Waals surface area contributed by atoms with Gasteiger partial charge < -0.3 is 19.9 Å². The molecular formula is C20H26N4O2S. The van der Waals surface area contributed by atoms with Gasteiger partial charge in [0, 0.05) is 33.2 Å². The van der Waals surface area contributed by atoms with Crippen molar-refractivity contribution in [2.24, 2.45) is 4.99 Å². The molecule has 0 unspecified atom stereocenters. The fraction of sp³-hybridized carbons (Fsp3) is 0.400. The summed E-state index contributed by atoms with van der Waals surface area (Å²) in [7, 11) is 2.04. The maximum Gasteiger partial charge on any atom is 0.265 e. The van der Waals surface area contributed by atoms with Crippen molar-refractivity contribution in [3.63, 3.8) is 0 Å². The molecule has 0 bridgehead atoms. The molecule has 0 spiro atoms. The lowest BCUT2D eigenvalue weighted by Crippen LogP contribution is -2.40. The summed E-state index contributed by atoms with van der Waals surface area (Å²) in [6.07, 6.45) is 0.793. The van der Waals surface area contributed by atoms with Crippen LogP contribution in [0.15, 0.2) is 46.1 Å². The largest absolute Gasteiger partial charge is 0.482 e. The molecule has 1 aliphatic heterocycles. The summed E-state index contributed by atoms with van der Waals surface area (Å²) >= 11 is 1.70. The van der Waals surface area contributed by atoms with Crippen LogP contribution in [0.2, 0.25) is 0 Å². The minimum Gasteiger partial charge on any atom is -0.482 e. The van der Waals surface area contributed by atoms with E-state index in [1.54, 1.807) is 16.2 Å². The topological polar surface area (TPSA) is 57.2 Å². The number of benzene rings is 1. The summed E-state index contributed by atoms with van der Waals surface area (Å²) in [5.74, 6) is 1.65. The summed E-state index contributed by atoms with van der Waals surface area (Å²) in [6, 6.07) is 9.80. The highest BCUT2D eigenvalue weighted by Gasteiger charge is 2.24. The Bertz CT molecular complexity index is 776. The number of carbonyl (C=O) groups is 1. The van der Waals surface area contributed by atoms with E-state index in [1.165, 1.54) is 5.56 Å². The Morgan fingerprint density at radius 1 is 1.37 bits per heavy atom. The molecule has 2 aromatic rings. The number of carbonyl (C=O) groups excluding carboxylic acids is 1. The summed E-state index contributed by atoms with van der Waals surface area (Å²) in [4.78, 5) is 20.9. The zero-order valence-corrected chi connectivity index (χ0v) is 16.7. The first-order chi connectivity index (χ1) is 13.2. The Labute approximate surface area is 164 Å². The van der Waals surface area contributed by atoms with Crippen LogP contribution in [0.5, 0.6) is 5.75 Å². The van der Waals surface area contributed by atoms with Gasteiger partial charge in [-0.15, -0.1) is 0 Å². The molecule has 1 aromatic heterocycles. The number of guanidine groups is 1. The molecule has 0 aliphatic carbocycles. The smallest absolute Gasteiger partial charge is 0.265 e. The van der Waals surface area contributed by atoms with Gasteiger partial charge >= 0.3 is 0 Å². The first-order valence-electron chi connectivity index (χ1n) is 9.21. The fourth-order valence-electron chi connectivity index (χ4n) is 3.01. The van der Waals surface area contributed by atoms with Crippen LogP contribution in [0.1, 0.15) is 18.9 Å². The minimum absolute atomic E-state index is 0.000776. The van der Waals surface area contributed by atoms with Crippen molar-refractivity contribution in [1.82, 2.24) is 10.2 Å². The Morgan fingerprint density at radius 2 is 2.22 bits per heavy atom. The number of amides is 1. The van der Waals surface area contributed by atoms with Crippen LogP contribution in [-0.4, -0.2) is 50.1 Å². The van der Waals surface area contributed by atoms with E-state index in [0.717, 1.165) is 36.9 Å². The maximum absolute atomic E-state index is 12.2. The number of anilines is 1. The average molecular weight is 387 g/mol. The van der Waals surface area contributed by atoms with E-state index in [4.69, 9.17) is 9.73 Å². The van der Waals surface area contributed by atoms with Gasteiger partial charge in [-0.3, -0.25) is 9.79 Å². The summed E-state index contributed by atoms with van der Waals surface area (Å²) in [5.41, 5.74) is 2.13. The molecule has 144 valence electrons. The molecule has 0 atom stereocenters. The van der Waals surface area contributed by atoms with Gasteiger partial charge in [-0.2, -0.15) is 11.3 Å². The maximum atomic E-state index is 12.2. The van der Waals surface area contributed by atoms with Gasteiger partial charge in [0.2, 0.25) is 0 Å². The van der Waals surface area contributed by atoms with Gasteiger partial charge in [0.1, 0.15) is 5.75 Å². The monoisotopic (exact) mass is 386 g/mol. The molecule has 3 rings (SSSR count). The number of thiophene rings is 1. The number of hydrogen-bond acceptors (Lipinski definition) is 4. The third kappa shape index (κ3) is 5.01. The van der Waals surface area contributed by atoms with E-state index in [0.29, 0.717) is 13.1 Å². The molecule has 0 fully saturated rings. The lowest BCUT2D eigenvalue weighted by atomic mass is 10.2. The molecule has 1 aliphatic rings. The first kappa shape index (κ1) is 19.2. The number of nitrogens with one attached hydrogen (secondary N) is 1. The highest BCUT2D eigenvalue weighted by Crippen LogP contribution is 2.31. The van der Waals surface area contributed by atoms with Gasteiger partial charge in [-0.05, 0) is 47.9 Å². The quantitative estimate of drug-likeness (QED) is 0.452. The number of nitrogens with zero attached hydrogens (tertiary/aromatic N) is 3. The van der Waals surface area contributed by atoms with E-state index < -0.39 is 0 Å². The van der Waals surface area contributed by atoms with Crippen molar-refractivity contribution >= 4 is 28.9 Å². The van der Waals surface area contributed by atoms with Crippen LogP contribution in [0.3, 0.4) is 0 Å². The molecule has 1 aromatic carbocycles. The number of rotatable bonds is 7. The van der Waals surface area contributed by atoms with E-state index in [1.807, 2.05) is 31.3 Å². The second-order valence-corrected chi connectivity index (χ2v) is 7.16. The number of aliphatic imine (C=N–C) groups is 1. The standard InChI is InChI=1S/C20H26N4O2S/c1-3-21-20(23(2)13-16-9-12-27-15-16)22-10-6-11-24-17-7-4-5-8-18(17)26-14-19(24)25/h4-5,7-9,12,15H,3,6,10-11,13-14H2,1-2H3,(H,21,22). The lowest BCUT2D eigenvalue weighted by molar-refractivity contribution is -0.121. The Hall–Kier alpha value is -2.54. The number of hydrogen-bond donors (Lipinski definition) is 1. The molecule has 6 nitrogen and oxygen atoms in total. The third-order valence-corrected chi connectivity index (χ3v) is 5.04. The molecule has 1 amide bonds. The van der Waals surface area contributed by atoms with E-state index >= 15 is 0 Å². The Balaban J connectivity index is 1.57. The van der Waals surface area contributed by atoms with Crippen LogP contribution < -0.4 is 15.0 Å². The molecule has 0 radical (unpaired) electrons. The zero-order valence-electron chi connectivity index (χ0n) is 15.9. The fourth-order valence-corrected chi connectivity index (χ4v) is 3.67. The average Bonchev–Trinajstić information content (AvgIpc) is 3.18. The van der Waals surface area contributed by atoms with Crippen LogP contribution in [0, 0.1) is 0 Å². The lowest BCUT2D eigenvalue weighted by Gasteiger charge is -2.29. The zero-order chi connectivity index (χ0) is 19.1. The normalized spacial score (nSPS) is 13.9. The number of ether oxygens (including phenoxy) is 1. The second-order valence-electron chi connectivity index (χ2n) is 6.38. The van der Waals surface area contributed by atoms with Crippen LogP contribution in [0.25, 0.3) is 0 Å². The molecule has 0 saturated heterocycles. The van der Waals surface area contributed by atoms with Crippen molar-refractivity contribution in [3.8, 4) is 5.75 Å². The van der Waals surface area contributed by atoms with Crippen molar-refractivity contribution in [1.29, 1.82) is 0 Å². The van der Waals surface area contributed by atoms with Crippen LogP contribution in [-0.2, 0) is 11.3 Å². The van der Waals surface area contributed by atoms with Crippen molar-refractivity contribution in [3.05, 3.63) is 46.7 Å². The summed E-state index contributed by atoms with van der Waals surface area (Å²) < 4.78 is 5.49. The molecule has 7 heteroatoms. The first-order valence-corrected chi connectivity index (χ1v) is 10.2. The van der Waals surface area contributed by atoms with Gasteiger partial charge in [0.25, 0.3) is 5.91 Å². The van der Waals surface area contributed by atoms with Gasteiger partial charge in [0.15, 0.2) is 12.6 Å². The summed E-state index contributed by atoms with van der Waals surface area (Å²) in [5, 5.41) is 7.58. The van der Waals surface area contributed by atoms with Crippen LogP contribution in [0.4, 0.5) is 5.69 Å². The van der Waals surface area contributed by atoms with E-state index in [-0.39, 0.29) is 12.5 Å². The Morgan fingerprint density at radius 3 is 3.00 bits per heavy atom. The van der Waals surface area contributed by atoms with Crippen molar-refractivity contribution in [2.45, 2.75) is 19.9 Å². The van der Waals surface area contributed by atoms with Gasteiger partial charge in [-0.1, -0.05) is 12.1 Å². The third-order valence-electron chi connectivity index (χ3n) is 4.31. The highest BCUT2D eigenvalue weighted by molar-refractivity contribution is 7.07. The highest BCUT2D eigenvalue weighted by atomic mass is 32.1. The molecule has 0 saturated carbocycles. The van der Waals surface area contributed by atoms with Crippen LogP contribution >= 0.6 is 11.3 Å². The molecule has 27 heavy (non-hydrogen) atoms.